The maximum atomic E-state index is 12.5. The topological polar surface area (TPSA) is 53.0 Å². The molecule has 0 atom stereocenters. The fourth-order valence-electron chi connectivity index (χ4n) is 2.24. The van der Waals surface area contributed by atoms with Gasteiger partial charge in [0.1, 0.15) is 5.75 Å². The van der Waals surface area contributed by atoms with Gasteiger partial charge in [-0.2, -0.15) is 0 Å². The Balaban J connectivity index is 2.38. The van der Waals surface area contributed by atoms with E-state index in [2.05, 4.69) is 0 Å². The summed E-state index contributed by atoms with van der Waals surface area (Å²) in [7, 11) is 3.96. The smallest absolute Gasteiger partial charge is 0.270 e. The lowest BCUT2D eigenvalue weighted by atomic mass is 10.0. The second-order valence-corrected chi connectivity index (χ2v) is 5.83. The van der Waals surface area contributed by atoms with Crippen molar-refractivity contribution < 1.29 is 14.6 Å². The van der Waals surface area contributed by atoms with Crippen LogP contribution in [-0.4, -0.2) is 48.7 Å². The van der Waals surface area contributed by atoms with E-state index >= 15 is 0 Å². The van der Waals surface area contributed by atoms with Crippen molar-refractivity contribution in [3.8, 4) is 5.75 Å². The molecule has 1 aromatic rings. The van der Waals surface area contributed by atoms with E-state index in [9.17, 15) is 9.90 Å². The van der Waals surface area contributed by atoms with Crippen molar-refractivity contribution in [2.75, 3.05) is 32.1 Å². The zero-order chi connectivity index (χ0) is 14.9. The molecule has 0 bridgehead atoms. The first-order valence-electron chi connectivity index (χ1n) is 6.74. The third kappa shape index (κ3) is 2.78. The van der Waals surface area contributed by atoms with Gasteiger partial charge in [-0.1, -0.05) is 6.07 Å². The van der Waals surface area contributed by atoms with E-state index in [1.165, 1.54) is 0 Å². The normalized spacial score (nSPS) is 17.1. The average molecular weight is 278 g/mol. The number of carbonyl (C=O) groups excluding carboxylic acids is 1. The molecule has 5 nitrogen and oxygen atoms in total. The molecule has 0 fully saturated rings. The van der Waals surface area contributed by atoms with Crippen LogP contribution >= 0.6 is 0 Å². The Kier molecular flexibility index (Phi) is 4.01. The number of anilines is 1. The molecular weight excluding hydrogens is 256 g/mol. The highest BCUT2D eigenvalue weighted by Gasteiger charge is 2.40. The van der Waals surface area contributed by atoms with E-state index in [4.69, 9.17) is 4.74 Å². The van der Waals surface area contributed by atoms with Crippen LogP contribution in [0.15, 0.2) is 18.2 Å². The summed E-state index contributed by atoms with van der Waals surface area (Å²) < 4.78 is 5.80. The van der Waals surface area contributed by atoms with Gasteiger partial charge >= 0.3 is 0 Å². The van der Waals surface area contributed by atoms with Crippen LogP contribution in [0.25, 0.3) is 0 Å². The number of ether oxygens (including phenoxy) is 1. The van der Waals surface area contributed by atoms with Gasteiger partial charge < -0.3 is 19.6 Å². The summed E-state index contributed by atoms with van der Waals surface area (Å²) >= 11 is 0. The first-order valence-corrected chi connectivity index (χ1v) is 6.74. The molecule has 0 spiro atoms. The SMILES string of the molecule is CN(C)CCN1C(=O)C(C)(C)Oc2cc(CO)ccc21. The summed E-state index contributed by atoms with van der Waals surface area (Å²) in [5, 5.41) is 9.22. The van der Waals surface area contributed by atoms with E-state index in [0.717, 1.165) is 17.8 Å². The van der Waals surface area contributed by atoms with E-state index in [1.54, 1.807) is 24.8 Å². The van der Waals surface area contributed by atoms with Crippen molar-refractivity contribution in [2.24, 2.45) is 0 Å². The van der Waals surface area contributed by atoms with Crippen LogP contribution < -0.4 is 9.64 Å². The third-order valence-electron chi connectivity index (χ3n) is 3.39. The van der Waals surface area contributed by atoms with Gasteiger partial charge in [-0.15, -0.1) is 0 Å². The van der Waals surface area contributed by atoms with Gasteiger partial charge in [-0.3, -0.25) is 4.79 Å². The maximum Gasteiger partial charge on any atom is 0.270 e. The molecular formula is C15H22N2O3. The zero-order valence-electron chi connectivity index (χ0n) is 12.5. The zero-order valence-corrected chi connectivity index (χ0v) is 12.5. The van der Waals surface area contributed by atoms with Gasteiger partial charge in [-0.05, 0) is 45.6 Å². The molecule has 0 radical (unpaired) electrons. The first kappa shape index (κ1) is 14.8. The standard InChI is InChI=1S/C15H22N2O3/c1-15(2)14(19)17(8-7-16(3)4)12-6-5-11(10-18)9-13(12)20-15/h5-6,9,18H,7-8,10H2,1-4H3. The van der Waals surface area contributed by atoms with Crippen LogP contribution in [0.5, 0.6) is 5.75 Å². The van der Waals surface area contributed by atoms with Crippen molar-refractivity contribution in [1.82, 2.24) is 4.90 Å². The highest BCUT2D eigenvalue weighted by Crippen LogP contribution is 2.38. The monoisotopic (exact) mass is 278 g/mol. The van der Waals surface area contributed by atoms with Crippen molar-refractivity contribution in [2.45, 2.75) is 26.1 Å². The number of aliphatic hydroxyl groups is 1. The van der Waals surface area contributed by atoms with Crippen molar-refractivity contribution in [1.29, 1.82) is 0 Å². The van der Waals surface area contributed by atoms with E-state index < -0.39 is 5.60 Å². The number of amides is 1. The number of benzene rings is 1. The molecule has 1 aliphatic heterocycles. The van der Waals surface area contributed by atoms with E-state index in [-0.39, 0.29) is 12.5 Å². The lowest BCUT2D eigenvalue weighted by molar-refractivity contribution is -0.132. The molecule has 1 heterocycles. The average Bonchev–Trinajstić information content (AvgIpc) is 2.38. The fraction of sp³-hybridized carbons (Fsp3) is 0.533. The number of likely N-dealkylation sites (N-methyl/N-ethyl adjacent to an activating group) is 1. The molecule has 0 saturated carbocycles. The molecule has 5 heteroatoms. The maximum absolute atomic E-state index is 12.5. The predicted octanol–water partition coefficient (Wildman–Crippen LogP) is 1.24. The molecule has 20 heavy (non-hydrogen) atoms. The molecule has 2 rings (SSSR count). The summed E-state index contributed by atoms with van der Waals surface area (Å²) in [4.78, 5) is 16.3. The van der Waals surface area contributed by atoms with Gasteiger partial charge in [0, 0.05) is 13.1 Å². The summed E-state index contributed by atoms with van der Waals surface area (Å²) in [5.74, 6) is 0.614. The predicted molar refractivity (Wildman–Crippen MR) is 78.0 cm³/mol. The fourth-order valence-corrected chi connectivity index (χ4v) is 2.24. The second kappa shape index (κ2) is 5.42. The van der Waals surface area contributed by atoms with Gasteiger partial charge in [0.05, 0.1) is 12.3 Å². The second-order valence-electron chi connectivity index (χ2n) is 5.83. The molecule has 0 aliphatic carbocycles. The molecule has 110 valence electrons. The molecule has 1 N–H and O–H groups in total. The van der Waals surface area contributed by atoms with Crippen LogP contribution in [0.1, 0.15) is 19.4 Å². The summed E-state index contributed by atoms with van der Waals surface area (Å²) in [6.45, 7) is 4.90. The number of carbonyl (C=O) groups is 1. The summed E-state index contributed by atoms with van der Waals surface area (Å²) in [5.41, 5.74) is 0.669. The van der Waals surface area contributed by atoms with Gasteiger partial charge in [0.15, 0.2) is 5.60 Å². The molecule has 1 aliphatic rings. The van der Waals surface area contributed by atoms with E-state index in [1.807, 2.05) is 31.1 Å². The molecule has 0 aromatic heterocycles. The number of aliphatic hydroxyl groups excluding tert-OH is 1. The van der Waals surface area contributed by atoms with Crippen LogP contribution in [0.2, 0.25) is 0 Å². The van der Waals surface area contributed by atoms with Crippen LogP contribution in [-0.2, 0) is 11.4 Å². The van der Waals surface area contributed by atoms with Crippen molar-refractivity contribution >= 4 is 11.6 Å². The molecule has 1 amide bonds. The minimum Gasteiger partial charge on any atom is -0.476 e. The summed E-state index contributed by atoms with van der Waals surface area (Å²) in [6.07, 6.45) is 0. The van der Waals surface area contributed by atoms with Gasteiger partial charge in [0.25, 0.3) is 5.91 Å². The number of hydrogen-bond donors (Lipinski definition) is 1. The molecule has 0 unspecified atom stereocenters. The molecule has 1 aromatic carbocycles. The number of nitrogens with zero attached hydrogens (tertiary/aromatic N) is 2. The Morgan fingerprint density at radius 2 is 2.05 bits per heavy atom. The van der Waals surface area contributed by atoms with E-state index in [0.29, 0.717) is 12.3 Å². The Morgan fingerprint density at radius 1 is 1.35 bits per heavy atom. The van der Waals surface area contributed by atoms with Gasteiger partial charge in [0.2, 0.25) is 0 Å². The Bertz CT molecular complexity index is 512. The Hall–Kier alpha value is -1.59. The van der Waals surface area contributed by atoms with Crippen molar-refractivity contribution in [3.05, 3.63) is 23.8 Å². The highest BCUT2D eigenvalue weighted by atomic mass is 16.5. The molecule has 0 saturated heterocycles. The largest absolute Gasteiger partial charge is 0.476 e. The Labute approximate surface area is 119 Å². The Morgan fingerprint density at radius 3 is 2.65 bits per heavy atom. The number of hydrogen-bond acceptors (Lipinski definition) is 4. The highest BCUT2D eigenvalue weighted by molar-refractivity contribution is 6.02. The lowest BCUT2D eigenvalue weighted by Crippen LogP contribution is -2.53. The quantitative estimate of drug-likeness (QED) is 0.900. The van der Waals surface area contributed by atoms with Crippen LogP contribution in [0.4, 0.5) is 5.69 Å². The van der Waals surface area contributed by atoms with Crippen LogP contribution in [0.3, 0.4) is 0 Å². The minimum absolute atomic E-state index is 0.0383. The van der Waals surface area contributed by atoms with Crippen molar-refractivity contribution in [3.63, 3.8) is 0 Å². The number of fused-ring (bicyclic) bond motifs is 1. The third-order valence-corrected chi connectivity index (χ3v) is 3.39. The minimum atomic E-state index is -0.882. The lowest BCUT2D eigenvalue weighted by Gasteiger charge is -2.39. The first-order chi connectivity index (χ1) is 9.35. The van der Waals surface area contributed by atoms with Crippen LogP contribution in [0, 0.1) is 0 Å². The number of rotatable bonds is 4. The summed E-state index contributed by atoms with van der Waals surface area (Å²) in [6, 6.07) is 5.45. The van der Waals surface area contributed by atoms with Gasteiger partial charge in [-0.25, -0.2) is 0 Å².